The number of hydrogen-bond acceptors (Lipinski definition) is 6. The fourth-order valence-electron chi connectivity index (χ4n) is 4.36. The van der Waals surface area contributed by atoms with Crippen LogP contribution >= 0.6 is 0 Å². The maximum absolute atomic E-state index is 13.1. The minimum atomic E-state index is -0.566. The van der Waals surface area contributed by atoms with E-state index in [0.717, 1.165) is 24.8 Å². The first kappa shape index (κ1) is 36.6. The molecule has 3 rings (SSSR count). The zero-order chi connectivity index (χ0) is 32.7. The number of carbonyl (C=O) groups is 3. The molecule has 1 saturated heterocycles. The van der Waals surface area contributed by atoms with E-state index in [9.17, 15) is 23.2 Å². The number of halogens is 2. The molecule has 0 radical (unpaired) electrons. The Labute approximate surface area is 259 Å². The van der Waals surface area contributed by atoms with Crippen LogP contribution in [0.15, 0.2) is 48.5 Å². The summed E-state index contributed by atoms with van der Waals surface area (Å²) in [6.07, 6.45) is 2.69. The third-order valence-corrected chi connectivity index (χ3v) is 6.52. The zero-order valence-corrected chi connectivity index (χ0v) is 26.7. The molecule has 1 heterocycles. The summed E-state index contributed by atoms with van der Waals surface area (Å²) in [4.78, 5) is 37.6. The van der Waals surface area contributed by atoms with Crippen molar-refractivity contribution in [2.75, 3.05) is 33.0 Å². The van der Waals surface area contributed by atoms with E-state index in [1.165, 1.54) is 36.4 Å². The number of benzene rings is 2. The number of ether oxygens (including phenoxy) is 3. The smallest absolute Gasteiger partial charge is 0.407 e. The van der Waals surface area contributed by atoms with Crippen LogP contribution in [0.5, 0.6) is 0 Å². The summed E-state index contributed by atoms with van der Waals surface area (Å²) in [6, 6.07) is 11.0. The van der Waals surface area contributed by atoms with Crippen LogP contribution in [0.3, 0.4) is 0 Å². The molecule has 3 atom stereocenters. The molecule has 0 aliphatic carbocycles. The van der Waals surface area contributed by atoms with E-state index >= 15 is 0 Å². The van der Waals surface area contributed by atoms with Gasteiger partial charge >= 0.3 is 12.1 Å². The largest absolute Gasteiger partial charge is 0.444 e. The second-order valence-electron chi connectivity index (χ2n) is 11.8. The molecule has 1 aliphatic rings. The highest BCUT2D eigenvalue weighted by Crippen LogP contribution is 2.27. The highest BCUT2D eigenvalue weighted by molar-refractivity contribution is 5.97. The van der Waals surface area contributed by atoms with E-state index in [0.29, 0.717) is 25.3 Å². The van der Waals surface area contributed by atoms with Gasteiger partial charge in [-0.25, -0.2) is 18.4 Å². The number of ketones is 1. The summed E-state index contributed by atoms with van der Waals surface area (Å²) in [7, 11) is 0. The molecule has 2 aromatic carbocycles. The van der Waals surface area contributed by atoms with Crippen LogP contribution in [0, 0.1) is 11.6 Å². The van der Waals surface area contributed by atoms with Crippen LogP contribution in [0.25, 0.3) is 0 Å². The summed E-state index contributed by atoms with van der Waals surface area (Å²) in [6.45, 7) is 12.9. The van der Waals surface area contributed by atoms with Crippen molar-refractivity contribution in [1.29, 1.82) is 0 Å². The van der Waals surface area contributed by atoms with Crippen LogP contribution in [-0.4, -0.2) is 73.5 Å². The summed E-state index contributed by atoms with van der Waals surface area (Å²) in [5, 5.41) is 5.60. The van der Waals surface area contributed by atoms with Gasteiger partial charge < -0.3 is 29.7 Å². The summed E-state index contributed by atoms with van der Waals surface area (Å²) >= 11 is 0. The number of morpholine rings is 1. The predicted octanol–water partition coefficient (Wildman–Crippen LogP) is 6.43. The lowest BCUT2D eigenvalue weighted by atomic mass is 10.0. The van der Waals surface area contributed by atoms with Gasteiger partial charge in [0.15, 0.2) is 5.78 Å². The molecule has 0 bridgehead atoms. The second-order valence-corrected chi connectivity index (χ2v) is 11.8. The van der Waals surface area contributed by atoms with Gasteiger partial charge in [0.05, 0.1) is 37.9 Å². The standard InChI is InChI=1S/C17H25FN2O2.C16H22FNO4/c1-3-4-5-10-19-17(21)20-13(2)11-22-12-16(20)14-6-8-15(18)9-7-14;1-11(18-15(20)22-16(2,3)4)9-21-10-14(19)12-5-7-13(17)8-6-12/h6-9,13,16H,3-5,10-12H2,1-2H3,(H,19,21);5-8,11H,9-10H2,1-4H3,(H,18,20)/t13-,16-;11-/m11/s1. The van der Waals surface area contributed by atoms with Gasteiger partial charge in [-0.2, -0.15) is 0 Å². The van der Waals surface area contributed by atoms with Gasteiger partial charge in [-0.15, -0.1) is 0 Å². The van der Waals surface area contributed by atoms with Crippen LogP contribution in [0.4, 0.5) is 18.4 Å². The molecule has 0 aromatic heterocycles. The fraction of sp³-hybridized carbons (Fsp3) is 0.545. The molecule has 44 heavy (non-hydrogen) atoms. The quantitative estimate of drug-likeness (QED) is 0.222. The van der Waals surface area contributed by atoms with E-state index in [1.807, 2.05) is 11.8 Å². The lowest BCUT2D eigenvalue weighted by molar-refractivity contribution is -0.0214. The molecular formula is C33H47F2N3O6. The lowest BCUT2D eigenvalue weighted by Crippen LogP contribution is -2.53. The van der Waals surface area contributed by atoms with Gasteiger partial charge in [-0.05, 0) is 83.0 Å². The molecular weight excluding hydrogens is 572 g/mol. The molecule has 0 unspecified atom stereocenters. The minimum Gasteiger partial charge on any atom is -0.444 e. The predicted molar refractivity (Wildman–Crippen MR) is 165 cm³/mol. The molecule has 9 nitrogen and oxygen atoms in total. The molecule has 2 aromatic rings. The van der Waals surface area contributed by atoms with Crippen molar-refractivity contribution >= 4 is 17.9 Å². The number of nitrogens with one attached hydrogen (secondary N) is 2. The van der Waals surface area contributed by atoms with E-state index < -0.39 is 17.5 Å². The number of hydrogen-bond donors (Lipinski definition) is 2. The fourth-order valence-corrected chi connectivity index (χ4v) is 4.36. The van der Waals surface area contributed by atoms with Gasteiger partial charge in [-0.3, -0.25) is 4.79 Å². The van der Waals surface area contributed by atoms with Gasteiger partial charge in [0.1, 0.15) is 23.8 Å². The normalized spacial score (nSPS) is 17.1. The van der Waals surface area contributed by atoms with E-state index in [-0.39, 0.29) is 49.0 Å². The molecule has 0 spiro atoms. The molecule has 244 valence electrons. The number of Topliss-reactive ketones (excluding diaryl/α,β-unsaturated/α-hetero) is 1. The maximum Gasteiger partial charge on any atom is 0.407 e. The number of urea groups is 1. The maximum atomic E-state index is 13.1. The summed E-state index contributed by atoms with van der Waals surface area (Å²) in [5.41, 5.74) is 0.717. The number of rotatable bonds is 11. The number of alkyl carbamates (subject to hydrolysis) is 1. The zero-order valence-electron chi connectivity index (χ0n) is 26.7. The van der Waals surface area contributed by atoms with Crippen LogP contribution in [0.1, 0.15) is 82.8 Å². The van der Waals surface area contributed by atoms with Crippen molar-refractivity contribution in [2.24, 2.45) is 0 Å². The molecule has 2 N–H and O–H groups in total. The number of unbranched alkanes of at least 4 members (excludes halogenated alkanes) is 2. The average Bonchev–Trinajstić information content (AvgIpc) is 2.95. The lowest BCUT2D eigenvalue weighted by Gasteiger charge is -2.40. The van der Waals surface area contributed by atoms with Crippen molar-refractivity contribution in [1.82, 2.24) is 15.5 Å². The van der Waals surface area contributed by atoms with Gasteiger partial charge in [0, 0.05) is 12.1 Å². The van der Waals surface area contributed by atoms with Crippen LogP contribution < -0.4 is 10.6 Å². The number of carbonyl (C=O) groups excluding carboxylic acids is 3. The van der Waals surface area contributed by atoms with E-state index in [1.54, 1.807) is 39.8 Å². The first-order chi connectivity index (χ1) is 20.8. The second kappa shape index (κ2) is 18.3. The van der Waals surface area contributed by atoms with Crippen LogP contribution in [0.2, 0.25) is 0 Å². The molecule has 11 heteroatoms. The van der Waals surface area contributed by atoms with Crippen molar-refractivity contribution in [2.45, 2.75) is 84.5 Å². The first-order valence-electron chi connectivity index (χ1n) is 15.1. The van der Waals surface area contributed by atoms with Crippen molar-refractivity contribution in [3.63, 3.8) is 0 Å². The molecule has 0 saturated carbocycles. The highest BCUT2D eigenvalue weighted by atomic mass is 19.1. The van der Waals surface area contributed by atoms with Gasteiger partial charge in [0.25, 0.3) is 0 Å². The topological polar surface area (TPSA) is 106 Å². The average molecular weight is 620 g/mol. The third kappa shape index (κ3) is 13.4. The highest BCUT2D eigenvalue weighted by Gasteiger charge is 2.33. The summed E-state index contributed by atoms with van der Waals surface area (Å²) < 4.78 is 41.8. The Bertz CT molecular complexity index is 1170. The Balaban J connectivity index is 0.000000307. The Morgan fingerprint density at radius 1 is 1.00 bits per heavy atom. The van der Waals surface area contributed by atoms with Gasteiger partial charge in [-0.1, -0.05) is 31.9 Å². The minimum absolute atomic E-state index is 0.00465. The van der Waals surface area contributed by atoms with E-state index in [4.69, 9.17) is 14.2 Å². The molecule has 1 fully saturated rings. The van der Waals surface area contributed by atoms with Crippen LogP contribution in [-0.2, 0) is 14.2 Å². The SMILES string of the molecule is CCCCCNC(=O)N1[C@H](C)COC[C@@H]1c1ccc(F)cc1.C[C@H](COCC(=O)c1ccc(F)cc1)NC(=O)OC(C)(C)C. The number of nitrogens with zero attached hydrogens (tertiary/aromatic N) is 1. The monoisotopic (exact) mass is 619 g/mol. The first-order valence-corrected chi connectivity index (χ1v) is 15.1. The third-order valence-electron chi connectivity index (χ3n) is 6.52. The Kier molecular flexibility index (Phi) is 15.2. The van der Waals surface area contributed by atoms with Crippen molar-refractivity contribution in [3.8, 4) is 0 Å². The Morgan fingerprint density at radius 2 is 1.61 bits per heavy atom. The Hall–Kier alpha value is -3.57. The van der Waals surface area contributed by atoms with Gasteiger partial charge in [0.2, 0.25) is 0 Å². The van der Waals surface area contributed by atoms with Crippen molar-refractivity contribution < 1.29 is 37.4 Å². The van der Waals surface area contributed by atoms with E-state index in [2.05, 4.69) is 17.6 Å². The van der Waals surface area contributed by atoms with Crippen molar-refractivity contribution in [3.05, 3.63) is 71.3 Å². The number of amides is 3. The summed E-state index contributed by atoms with van der Waals surface area (Å²) in [5.74, 6) is -0.916. The molecule has 1 aliphatic heterocycles. The Morgan fingerprint density at radius 3 is 2.20 bits per heavy atom. The molecule has 3 amide bonds.